The van der Waals surface area contributed by atoms with Gasteiger partial charge in [0.1, 0.15) is 5.78 Å². The Balaban J connectivity index is 2.56. The number of ketones is 1. The number of rotatable bonds is 0. The van der Waals surface area contributed by atoms with Crippen molar-refractivity contribution in [3.63, 3.8) is 0 Å². The van der Waals surface area contributed by atoms with Crippen molar-refractivity contribution in [1.82, 2.24) is 0 Å². The fourth-order valence-electron chi connectivity index (χ4n) is 0.971. The second-order valence-corrected chi connectivity index (χ2v) is 3.73. The van der Waals surface area contributed by atoms with Crippen LogP contribution in [-0.4, -0.2) is 9.71 Å². The van der Waals surface area contributed by atoms with Crippen LogP contribution in [0.2, 0.25) is 0 Å². The largest absolute Gasteiger partial charge is 0.299 e. The molecule has 0 unspecified atom stereocenters. The van der Waals surface area contributed by atoms with E-state index < -0.39 is 0 Å². The number of Topliss-reactive ketones (excluding diaryl/α,β-unsaturated/α-hetero) is 1. The van der Waals surface area contributed by atoms with E-state index in [1.165, 1.54) is 0 Å². The molecule has 46 valence electrons. The van der Waals surface area contributed by atoms with Crippen LogP contribution in [0.4, 0.5) is 0 Å². The average molecular weight is 224 g/mol. The molecular weight excluding hydrogens is 215 g/mol. The van der Waals surface area contributed by atoms with E-state index in [1.54, 1.807) is 0 Å². The van der Waals surface area contributed by atoms with Crippen molar-refractivity contribution < 1.29 is 4.79 Å². The summed E-state index contributed by atoms with van der Waals surface area (Å²) in [4.78, 5) is 10.8. The lowest BCUT2D eigenvalue weighted by Gasteiger charge is -2.01. The van der Waals surface area contributed by atoms with E-state index >= 15 is 0 Å². The standard InChI is InChI=1S/C6H9IO/c1-4-2-3-5(8)6(4)7/h4,6H,2-3H2,1H3/t4-,6-/m0/s1. The van der Waals surface area contributed by atoms with Gasteiger partial charge in [-0.3, -0.25) is 4.79 Å². The summed E-state index contributed by atoms with van der Waals surface area (Å²) in [5.74, 6) is 1.07. The smallest absolute Gasteiger partial charge is 0.145 e. The van der Waals surface area contributed by atoms with Crippen molar-refractivity contribution in [2.24, 2.45) is 5.92 Å². The SMILES string of the molecule is C[C@H]1CCC(=O)[C@H]1I. The van der Waals surface area contributed by atoms with Crippen LogP contribution < -0.4 is 0 Å². The fraction of sp³-hybridized carbons (Fsp3) is 0.833. The lowest BCUT2D eigenvalue weighted by molar-refractivity contribution is -0.116. The second kappa shape index (κ2) is 2.33. The maximum atomic E-state index is 10.8. The molecule has 0 amide bonds. The van der Waals surface area contributed by atoms with Crippen LogP contribution in [0.1, 0.15) is 19.8 Å². The van der Waals surface area contributed by atoms with Crippen molar-refractivity contribution in [2.45, 2.75) is 23.7 Å². The van der Waals surface area contributed by atoms with Gasteiger partial charge >= 0.3 is 0 Å². The van der Waals surface area contributed by atoms with Crippen molar-refractivity contribution in [1.29, 1.82) is 0 Å². The van der Waals surface area contributed by atoms with Gasteiger partial charge in [0, 0.05) is 6.42 Å². The molecule has 8 heavy (non-hydrogen) atoms. The third-order valence-corrected chi connectivity index (χ3v) is 3.58. The van der Waals surface area contributed by atoms with Gasteiger partial charge in [0.05, 0.1) is 3.92 Å². The summed E-state index contributed by atoms with van der Waals surface area (Å²) in [6.07, 6.45) is 1.92. The highest BCUT2D eigenvalue weighted by atomic mass is 127. The number of halogens is 1. The van der Waals surface area contributed by atoms with Crippen LogP contribution >= 0.6 is 22.6 Å². The Kier molecular flexibility index (Phi) is 1.90. The van der Waals surface area contributed by atoms with E-state index in [0.29, 0.717) is 15.6 Å². The zero-order valence-corrected chi connectivity index (χ0v) is 7.01. The van der Waals surface area contributed by atoms with E-state index in [2.05, 4.69) is 29.5 Å². The average Bonchev–Trinajstić information content (AvgIpc) is 1.98. The van der Waals surface area contributed by atoms with E-state index in [9.17, 15) is 4.79 Å². The molecule has 1 aliphatic rings. The maximum Gasteiger partial charge on any atom is 0.145 e. The van der Waals surface area contributed by atoms with Crippen LogP contribution in [0, 0.1) is 5.92 Å². The molecule has 1 nitrogen and oxygen atoms in total. The van der Waals surface area contributed by atoms with Crippen LogP contribution in [-0.2, 0) is 4.79 Å². The molecule has 0 aliphatic heterocycles. The highest BCUT2D eigenvalue weighted by Crippen LogP contribution is 2.27. The minimum absolute atomic E-state index is 0.313. The van der Waals surface area contributed by atoms with Crippen molar-refractivity contribution in [3.05, 3.63) is 0 Å². The summed E-state index contributed by atoms with van der Waals surface area (Å²) >= 11 is 2.23. The predicted molar refractivity (Wildman–Crippen MR) is 41.2 cm³/mol. The molecule has 0 spiro atoms. The molecule has 2 heteroatoms. The monoisotopic (exact) mass is 224 g/mol. The van der Waals surface area contributed by atoms with Gasteiger partial charge in [-0.15, -0.1) is 0 Å². The van der Waals surface area contributed by atoms with Crippen LogP contribution in [0.5, 0.6) is 0 Å². The molecule has 0 heterocycles. The molecule has 0 N–H and O–H groups in total. The van der Waals surface area contributed by atoms with Gasteiger partial charge in [-0.1, -0.05) is 29.5 Å². The van der Waals surface area contributed by atoms with E-state index in [1.807, 2.05) is 0 Å². The summed E-state index contributed by atoms with van der Waals surface area (Å²) in [6, 6.07) is 0. The number of alkyl halides is 1. The lowest BCUT2D eigenvalue weighted by atomic mass is 10.1. The summed E-state index contributed by atoms with van der Waals surface area (Å²) < 4.78 is 0.313. The first-order valence-corrected chi connectivity index (χ1v) is 4.13. The molecule has 0 saturated heterocycles. The topological polar surface area (TPSA) is 17.1 Å². The normalized spacial score (nSPS) is 38.5. The molecule has 0 radical (unpaired) electrons. The summed E-state index contributed by atoms with van der Waals surface area (Å²) in [5, 5.41) is 0. The molecule has 1 rings (SSSR count). The molecule has 0 aromatic heterocycles. The first-order valence-electron chi connectivity index (χ1n) is 2.88. The first-order chi connectivity index (χ1) is 3.72. The molecule has 1 saturated carbocycles. The fourth-order valence-corrected chi connectivity index (χ4v) is 1.64. The molecule has 0 bridgehead atoms. The van der Waals surface area contributed by atoms with Gasteiger partial charge in [-0.05, 0) is 12.3 Å². The molecule has 2 atom stereocenters. The molecule has 0 aromatic carbocycles. The minimum Gasteiger partial charge on any atom is -0.299 e. The molecule has 0 aromatic rings. The van der Waals surface area contributed by atoms with Gasteiger partial charge in [0.2, 0.25) is 0 Å². The zero-order chi connectivity index (χ0) is 6.15. The van der Waals surface area contributed by atoms with Gasteiger partial charge in [0.15, 0.2) is 0 Å². The predicted octanol–water partition coefficient (Wildman–Crippen LogP) is 1.79. The lowest BCUT2D eigenvalue weighted by Crippen LogP contribution is -2.09. The number of carbonyl (C=O) groups is 1. The Morgan fingerprint density at radius 1 is 1.75 bits per heavy atom. The van der Waals surface area contributed by atoms with Crippen LogP contribution in [0.3, 0.4) is 0 Å². The van der Waals surface area contributed by atoms with Gasteiger partial charge < -0.3 is 0 Å². The summed E-state index contributed by atoms with van der Waals surface area (Å²) in [5.41, 5.74) is 0. The molecule has 1 aliphatic carbocycles. The Morgan fingerprint density at radius 3 is 2.50 bits per heavy atom. The number of hydrogen-bond acceptors (Lipinski definition) is 1. The Hall–Kier alpha value is 0.400. The Morgan fingerprint density at radius 2 is 2.38 bits per heavy atom. The van der Waals surface area contributed by atoms with Gasteiger partial charge in [0.25, 0.3) is 0 Å². The summed E-state index contributed by atoms with van der Waals surface area (Å²) in [7, 11) is 0. The first kappa shape index (κ1) is 6.52. The van der Waals surface area contributed by atoms with Crippen molar-refractivity contribution in [3.8, 4) is 0 Å². The van der Waals surface area contributed by atoms with E-state index in [-0.39, 0.29) is 0 Å². The maximum absolute atomic E-state index is 10.8. The Bertz CT molecular complexity index is 111. The van der Waals surface area contributed by atoms with E-state index in [4.69, 9.17) is 0 Å². The highest BCUT2D eigenvalue weighted by molar-refractivity contribution is 14.1. The zero-order valence-electron chi connectivity index (χ0n) is 4.86. The van der Waals surface area contributed by atoms with Crippen LogP contribution in [0.25, 0.3) is 0 Å². The van der Waals surface area contributed by atoms with Crippen molar-refractivity contribution >= 4 is 28.4 Å². The Labute approximate surface area is 63.0 Å². The van der Waals surface area contributed by atoms with Crippen LogP contribution in [0.15, 0.2) is 0 Å². The quantitative estimate of drug-likeness (QED) is 0.452. The summed E-state index contributed by atoms with van der Waals surface area (Å²) in [6.45, 7) is 2.14. The number of hydrogen-bond donors (Lipinski definition) is 0. The third-order valence-electron chi connectivity index (χ3n) is 1.65. The van der Waals surface area contributed by atoms with Gasteiger partial charge in [-0.2, -0.15) is 0 Å². The minimum atomic E-state index is 0.313. The second-order valence-electron chi connectivity index (χ2n) is 2.38. The van der Waals surface area contributed by atoms with Crippen molar-refractivity contribution in [2.75, 3.05) is 0 Å². The number of carbonyl (C=O) groups excluding carboxylic acids is 1. The third kappa shape index (κ3) is 1.04. The van der Waals surface area contributed by atoms with Gasteiger partial charge in [-0.25, -0.2) is 0 Å². The molecule has 1 fully saturated rings. The highest BCUT2D eigenvalue weighted by Gasteiger charge is 2.28. The van der Waals surface area contributed by atoms with E-state index in [0.717, 1.165) is 12.8 Å². The molecular formula is C6H9IO.